The van der Waals surface area contributed by atoms with Crippen molar-refractivity contribution in [3.8, 4) is 0 Å². The van der Waals surface area contributed by atoms with Crippen molar-refractivity contribution in [3.05, 3.63) is 19.6 Å². The third-order valence-electron chi connectivity index (χ3n) is 2.30. The van der Waals surface area contributed by atoms with Gasteiger partial charge in [-0.05, 0) is 32.5 Å². The minimum Gasteiger partial charge on any atom is -0.394 e. The van der Waals surface area contributed by atoms with Gasteiger partial charge in [0.2, 0.25) is 11.7 Å². The molecule has 0 radical (unpaired) electrons. The van der Waals surface area contributed by atoms with Crippen LogP contribution in [-0.2, 0) is 11.3 Å². The topological polar surface area (TPSA) is 131 Å². The molecule has 3 N–H and O–H groups in total. The number of carbonyl (C=O) groups is 1. The average Bonchev–Trinajstić information content (AvgIpc) is 2.64. The smallest absolute Gasteiger partial charge is 0.394 e. The average molecular weight is 384 g/mol. The summed E-state index contributed by atoms with van der Waals surface area (Å²) in [5, 5.41) is 30.8. The molecule has 1 amide bonds. The number of aliphatic hydroxyl groups excluding tert-OH is 2. The van der Waals surface area contributed by atoms with E-state index in [1.54, 1.807) is 29.5 Å². The molecule has 0 fully saturated rings. The van der Waals surface area contributed by atoms with Gasteiger partial charge in [0.05, 0.1) is 12.7 Å². The van der Waals surface area contributed by atoms with Gasteiger partial charge in [-0.25, -0.2) is 0 Å². The molecule has 0 saturated heterocycles. The number of carbonyl (C=O) groups excluding carboxylic acids is 1. The van der Waals surface area contributed by atoms with Gasteiger partial charge in [0, 0.05) is 13.5 Å². The molecule has 19 heavy (non-hydrogen) atoms. The van der Waals surface area contributed by atoms with Gasteiger partial charge in [0.1, 0.15) is 6.54 Å². The molecule has 9 nitrogen and oxygen atoms in total. The number of rotatable bonds is 6. The summed E-state index contributed by atoms with van der Waals surface area (Å²) < 4.78 is 1.66. The van der Waals surface area contributed by atoms with Crippen LogP contribution in [0.25, 0.3) is 0 Å². The van der Waals surface area contributed by atoms with E-state index in [9.17, 15) is 14.9 Å². The lowest BCUT2D eigenvalue weighted by Gasteiger charge is -2.09. The van der Waals surface area contributed by atoms with Crippen LogP contribution in [0, 0.1) is 20.7 Å². The summed E-state index contributed by atoms with van der Waals surface area (Å²) in [5.74, 6) is -0.365. The van der Waals surface area contributed by atoms with Crippen molar-refractivity contribution < 1.29 is 19.9 Å². The summed E-state index contributed by atoms with van der Waals surface area (Å²) in [7, 11) is 0. The Hall–Kier alpha value is -1.27. The third-order valence-corrected chi connectivity index (χ3v) is 3.36. The molecule has 0 aromatic carbocycles. The Morgan fingerprint density at radius 1 is 1.68 bits per heavy atom. The van der Waals surface area contributed by atoms with Gasteiger partial charge in [-0.15, -0.1) is 0 Å². The minimum atomic E-state index is -1.03. The monoisotopic (exact) mass is 384 g/mol. The molecular weight excluding hydrogens is 371 g/mol. The Bertz CT molecular complexity index is 489. The van der Waals surface area contributed by atoms with Crippen molar-refractivity contribution in [3.63, 3.8) is 0 Å². The van der Waals surface area contributed by atoms with E-state index in [-0.39, 0.29) is 22.6 Å². The first-order valence-corrected chi connectivity index (χ1v) is 6.37. The number of imidazole rings is 1. The first-order valence-electron chi connectivity index (χ1n) is 5.29. The van der Waals surface area contributed by atoms with Crippen molar-refractivity contribution in [1.29, 1.82) is 0 Å². The standard InChI is InChI=1S/C9H13IN4O5/c1-5-12-9(14(18)19)8(10)13(5)3-7(17)11-2-6(16)4-15/h6,15-16H,2-4H2,1H3,(H,11,17). The second-order valence-corrected chi connectivity index (χ2v) is 4.78. The van der Waals surface area contributed by atoms with Crippen LogP contribution in [0.3, 0.4) is 0 Å². The Labute approximate surface area is 121 Å². The third kappa shape index (κ3) is 4.11. The highest BCUT2D eigenvalue weighted by Crippen LogP contribution is 2.20. The fourth-order valence-corrected chi connectivity index (χ4v) is 2.16. The zero-order chi connectivity index (χ0) is 14.6. The van der Waals surface area contributed by atoms with Gasteiger partial charge >= 0.3 is 5.82 Å². The van der Waals surface area contributed by atoms with E-state index < -0.39 is 23.5 Å². The zero-order valence-electron chi connectivity index (χ0n) is 10.0. The summed E-state index contributed by atoms with van der Waals surface area (Å²) in [6.07, 6.45) is -1.03. The van der Waals surface area contributed by atoms with E-state index in [4.69, 9.17) is 10.2 Å². The molecule has 1 rings (SSSR count). The maximum Gasteiger partial charge on any atom is 0.395 e. The van der Waals surface area contributed by atoms with Gasteiger partial charge in [-0.1, -0.05) is 0 Å². The number of halogens is 1. The number of hydrogen-bond donors (Lipinski definition) is 3. The maximum atomic E-state index is 11.6. The molecule has 10 heteroatoms. The zero-order valence-corrected chi connectivity index (χ0v) is 12.2. The fourth-order valence-electron chi connectivity index (χ4n) is 1.32. The van der Waals surface area contributed by atoms with Gasteiger partial charge in [0.25, 0.3) is 0 Å². The predicted octanol–water partition coefficient (Wildman–Crippen LogP) is -0.826. The number of aromatic nitrogens is 2. The highest BCUT2D eigenvalue weighted by atomic mass is 127. The van der Waals surface area contributed by atoms with Crippen LogP contribution < -0.4 is 5.32 Å². The highest BCUT2D eigenvalue weighted by Gasteiger charge is 2.24. The normalized spacial score (nSPS) is 12.2. The highest BCUT2D eigenvalue weighted by molar-refractivity contribution is 14.1. The van der Waals surface area contributed by atoms with Crippen LogP contribution in [0.15, 0.2) is 0 Å². The number of aliphatic hydroxyl groups is 2. The quantitative estimate of drug-likeness (QED) is 0.334. The molecule has 0 aliphatic rings. The molecule has 1 unspecified atom stereocenters. The molecular formula is C9H13IN4O5. The molecule has 1 atom stereocenters. The van der Waals surface area contributed by atoms with E-state index in [2.05, 4.69) is 10.3 Å². The number of hydrogen-bond acceptors (Lipinski definition) is 6. The summed E-state index contributed by atoms with van der Waals surface area (Å²) in [5.41, 5.74) is 0. The first kappa shape index (κ1) is 15.8. The van der Waals surface area contributed by atoms with E-state index in [1.807, 2.05) is 0 Å². The molecule has 0 bridgehead atoms. The van der Waals surface area contributed by atoms with Crippen LogP contribution in [0.5, 0.6) is 0 Å². The largest absolute Gasteiger partial charge is 0.395 e. The molecule has 1 aromatic rings. The minimum absolute atomic E-state index is 0.0816. The SMILES string of the molecule is Cc1nc([N+](=O)[O-])c(I)n1CC(=O)NCC(O)CO. The van der Waals surface area contributed by atoms with E-state index >= 15 is 0 Å². The molecule has 0 spiro atoms. The van der Waals surface area contributed by atoms with Crippen molar-refractivity contribution in [2.75, 3.05) is 13.2 Å². The molecule has 106 valence electrons. The number of amides is 1. The molecule has 0 aliphatic heterocycles. The molecule has 0 aliphatic carbocycles. The molecule has 1 aromatic heterocycles. The number of nitro groups is 1. The van der Waals surface area contributed by atoms with Crippen molar-refractivity contribution in [1.82, 2.24) is 14.9 Å². The number of aryl methyl sites for hydroxylation is 1. The van der Waals surface area contributed by atoms with E-state index in [0.717, 1.165) is 0 Å². The second-order valence-electron chi connectivity index (χ2n) is 3.76. The van der Waals surface area contributed by atoms with Crippen molar-refractivity contribution in [2.45, 2.75) is 19.6 Å². The van der Waals surface area contributed by atoms with Gasteiger partial charge in [-0.2, -0.15) is 0 Å². The van der Waals surface area contributed by atoms with Crippen molar-refractivity contribution >= 4 is 34.3 Å². The number of nitrogens with zero attached hydrogens (tertiary/aromatic N) is 3. The lowest BCUT2D eigenvalue weighted by atomic mass is 10.4. The Kier molecular flexibility index (Phi) is 5.62. The van der Waals surface area contributed by atoms with Gasteiger partial charge in [-0.3, -0.25) is 9.36 Å². The predicted molar refractivity (Wildman–Crippen MR) is 72.4 cm³/mol. The Balaban J connectivity index is 2.72. The van der Waals surface area contributed by atoms with Crippen LogP contribution in [-0.4, -0.2) is 49.9 Å². The summed E-state index contributed by atoms with van der Waals surface area (Å²) >= 11 is 1.75. The van der Waals surface area contributed by atoms with Crippen molar-refractivity contribution in [2.24, 2.45) is 0 Å². The fraction of sp³-hybridized carbons (Fsp3) is 0.556. The number of nitrogens with one attached hydrogen (secondary N) is 1. The Morgan fingerprint density at radius 2 is 2.32 bits per heavy atom. The van der Waals surface area contributed by atoms with Gasteiger partial charge in [0.15, 0.2) is 3.70 Å². The van der Waals surface area contributed by atoms with E-state index in [0.29, 0.717) is 5.82 Å². The first-order chi connectivity index (χ1) is 8.86. The maximum absolute atomic E-state index is 11.6. The van der Waals surface area contributed by atoms with Crippen LogP contribution >= 0.6 is 22.6 Å². The van der Waals surface area contributed by atoms with Gasteiger partial charge < -0.3 is 25.6 Å². The lowest BCUT2D eigenvalue weighted by molar-refractivity contribution is -0.390. The van der Waals surface area contributed by atoms with Crippen LogP contribution in [0.4, 0.5) is 5.82 Å². The second kappa shape index (κ2) is 6.77. The van der Waals surface area contributed by atoms with E-state index in [1.165, 1.54) is 4.57 Å². The lowest BCUT2D eigenvalue weighted by Crippen LogP contribution is -2.36. The Morgan fingerprint density at radius 3 is 2.79 bits per heavy atom. The van der Waals surface area contributed by atoms with Crippen LogP contribution in [0.2, 0.25) is 0 Å². The summed E-state index contributed by atoms with van der Waals surface area (Å²) in [6, 6.07) is 0. The van der Waals surface area contributed by atoms with Crippen LogP contribution in [0.1, 0.15) is 5.82 Å². The molecule has 1 heterocycles. The summed E-state index contributed by atoms with van der Waals surface area (Å²) in [6.45, 7) is 0.892. The molecule has 0 saturated carbocycles. The summed E-state index contributed by atoms with van der Waals surface area (Å²) in [4.78, 5) is 25.4.